The van der Waals surface area contributed by atoms with Crippen molar-refractivity contribution in [3.05, 3.63) is 59.7 Å². The van der Waals surface area contributed by atoms with Crippen molar-refractivity contribution < 1.29 is 19.1 Å². The number of benzene rings is 2. The lowest BCUT2D eigenvalue weighted by Gasteiger charge is -2.31. The molecule has 3 rings (SSSR count). The summed E-state index contributed by atoms with van der Waals surface area (Å²) in [6, 6.07) is 14.9. The molecule has 1 atom stereocenters. The molecular weight excluding hydrogens is 440 g/mol. The summed E-state index contributed by atoms with van der Waals surface area (Å²) in [5, 5.41) is 3.16. The summed E-state index contributed by atoms with van der Waals surface area (Å²) in [5.74, 6) is 1.03. The van der Waals surface area contributed by atoms with E-state index >= 15 is 0 Å². The van der Waals surface area contributed by atoms with Crippen LogP contribution in [0, 0.1) is 0 Å². The number of amides is 2. The van der Waals surface area contributed by atoms with Gasteiger partial charge in [0.05, 0.1) is 7.11 Å². The first kappa shape index (κ1) is 26.6. The van der Waals surface area contributed by atoms with Crippen molar-refractivity contribution in [2.75, 3.05) is 13.7 Å². The minimum Gasteiger partial charge on any atom is -0.497 e. The van der Waals surface area contributed by atoms with Gasteiger partial charge in [0.1, 0.15) is 17.5 Å². The van der Waals surface area contributed by atoms with Gasteiger partial charge in [-0.2, -0.15) is 0 Å². The van der Waals surface area contributed by atoms with E-state index in [1.54, 1.807) is 18.9 Å². The lowest BCUT2D eigenvalue weighted by atomic mass is 9.87. The molecule has 0 saturated heterocycles. The summed E-state index contributed by atoms with van der Waals surface area (Å²) in [6.07, 6.45) is 5.49. The Hall–Kier alpha value is -3.02. The third-order valence-electron chi connectivity index (χ3n) is 6.71. The molecule has 35 heavy (non-hydrogen) atoms. The van der Waals surface area contributed by atoms with Gasteiger partial charge in [-0.3, -0.25) is 9.59 Å². The molecule has 0 radical (unpaired) electrons. The maximum absolute atomic E-state index is 13.3. The van der Waals surface area contributed by atoms with E-state index in [-0.39, 0.29) is 29.9 Å². The second-order valence-electron chi connectivity index (χ2n) is 10.5. The van der Waals surface area contributed by atoms with Crippen molar-refractivity contribution >= 4 is 11.8 Å². The molecule has 2 aromatic carbocycles. The van der Waals surface area contributed by atoms with Gasteiger partial charge >= 0.3 is 0 Å². The zero-order valence-electron chi connectivity index (χ0n) is 21.8. The molecule has 0 spiro atoms. The van der Waals surface area contributed by atoms with E-state index in [4.69, 9.17) is 9.47 Å². The summed E-state index contributed by atoms with van der Waals surface area (Å²) in [7, 11) is 1.62. The molecular formula is C29H40N2O4. The second-order valence-corrected chi connectivity index (χ2v) is 10.5. The van der Waals surface area contributed by atoms with Crippen LogP contribution in [0.3, 0.4) is 0 Å². The number of nitrogens with one attached hydrogen (secondary N) is 1. The number of carbonyl (C=O) groups is 2. The molecule has 0 heterocycles. The third kappa shape index (κ3) is 7.74. The monoisotopic (exact) mass is 480 g/mol. The predicted molar refractivity (Wildman–Crippen MR) is 139 cm³/mol. The molecule has 6 heteroatoms. The van der Waals surface area contributed by atoms with Gasteiger partial charge in [-0.15, -0.1) is 0 Å². The highest BCUT2D eigenvalue weighted by molar-refractivity contribution is 5.88. The summed E-state index contributed by atoms with van der Waals surface area (Å²) in [6.45, 7) is 8.44. The molecule has 1 N–H and O–H groups in total. The van der Waals surface area contributed by atoms with Crippen LogP contribution in [0.15, 0.2) is 48.5 Å². The molecule has 1 saturated carbocycles. The van der Waals surface area contributed by atoms with Crippen molar-refractivity contribution in [1.82, 2.24) is 10.2 Å². The molecule has 6 nitrogen and oxygen atoms in total. The summed E-state index contributed by atoms with van der Waals surface area (Å²) >= 11 is 0. The number of methoxy groups -OCH3 is 1. The van der Waals surface area contributed by atoms with Crippen molar-refractivity contribution in [3.63, 3.8) is 0 Å². The van der Waals surface area contributed by atoms with E-state index in [9.17, 15) is 9.59 Å². The molecule has 1 aliphatic carbocycles. The van der Waals surface area contributed by atoms with E-state index in [1.165, 1.54) is 12.0 Å². The van der Waals surface area contributed by atoms with E-state index in [0.29, 0.717) is 12.3 Å². The summed E-state index contributed by atoms with van der Waals surface area (Å²) < 4.78 is 11.1. The highest BCUT2D eigenvalue weighted by Gasteiger charge is 2.28. The third-order valence-corrected chi connectivity index (χ3v) is 6.71. The largest absolute Gasteiger partial charge is 0.497 e. The van der Waals surface area contributed by atoms with Crippen LogP contribution in [0.2, 0.25) is 0 Å². The summed E-state index contributed by atoms with van der Waals surface area (Å²) in [4.78, 5) is 28.0. The first-order valence-corrected chi connectivity index (χ1v) is 12.6. The molecule has 0 aliphatic heterocycles. The molecule has 2 aromatic rings. The number of rotatable bonds is 9. The maximum Gasteiger partial charge on any atom is 0.261 e. The van der Waals surface area contributed by atoms with Crippen molar-refractivity contribution in [2.45, 2.75) is 83.8 Å². The van der Waals surface area contributed by atoms with E-state index in [0.717, 1.165) is 37.0 Å². The molecule has 0 aromatic heterocycles. The highest BCUT2D eigenvalue weighted by atomic mass is 16.5. The fourth-order valence-corrected chi connectivity index (χ4v) is 4.36. The number of nitrogens with zero attached hydrogens (tertiary/aromatic N) is 1. The minimum absolute atomic E-state index is 0.0463. The van der Waals surface area contributed by atoms with E-state index < -0.39 is 6.04 Å². The smallest absolute Gasteiger partial charge is 0.261 e. The van der Waals surface area contributed by atoms with Gasteiger partial charge in [-0.25, -0.2) is 0 Å². The van der Waals surface area contributed by atoms with Crippen molar-refractivity contribution in [3.8, 4) is 11.5 Å². The van der Waals surface area contributed by atoms with Crippen LogP contribution in [-0.4, -0.2) is 42.5 Å². The van der Waals surface area contributed by atoms with Gasteiger partial charge in [0.25, 0.3) is 5.91 Å². The minimum atomic E-state index is -0.613. The van der Waals surface area contributed by atoms with Crippen LogP contribution in [-0.2, 0) is 21.5 Å². The number of carbonyl (C=O) groups excluding carboxylic acids is 2. The molecule has 1 aliphatic rings. The van der Waals surface area contributed by atoms with Gasteiger partial charge < -0.3 is 19.7 Å². The number of ether oxygens (including phenoxy) is 2. The Morgan fingerprint density at radius 1 is 0.971 bits per heavy atom. The van der Waals surface area contributed by atoms with Crippen LogP contribution in [0.5, 0.6) is 11.5 Å². The normalized spacial score (nSPS) is 15.2. The Morgan fingerprint density at radius 3 is 2.14 bits per heavy atom. The molecule has 0 bridgehead atoms. The number of hydrogen-bond donors (Lipinski definition) is 1. The fraction of sp³-hybridized carbons (Fsp3) is 0.517. The van der Waals surface area contributed by atoms with Gasteiger partial charge in [0.15, 0.2) is 6.61 Å². The lowest BCUT2D eigenvalue weighted by Crippen LogP contribution is -2.51. The molecule has 190 valence electrons. The van der Waals surface area contributed by atoms with Gasteiger partial charge in [-0.1, -0.05) is 64.3 Å². The molecule has 1 unspecified atom stereocenters. The van der Waals surface area contributed by atoms with Crippen LogP contribution < -0.4 is 14.8 Å². The van der Waals surface area contributed by atoms with Gasteiger partial charge in [0, 0.05) is 12.6 Å². The average molecular weight is 481 g/mol. The molecule has 2 amide bonds. The van der Waals surface area contributed by atoms with Gasteiger partial charge in [-0.05, 0) is 60.6 Å². The lowest BCUT2D eigenvalue weighted by molar-refractivity contribution is -0.142. The Kier molecular flexibility index (Phi) is 9.19. The van der Waals surface area contributed by atoms with Gasteiger partial charge in [0.2, 0.25) is 5.91 Å². The van der Waals surface area contributed by atoms with E-state index in [1.807, 2.05) is 48.5 Å². The predicted octanol–water partition coefficient (Wildman–Crippen LogP) is 5.24. The molecule has 1 fully saturated rings. The van der Waals surface area contributed by atoms with E-state index in [2.05, 4.69) is 26.1 Å². The Morgan fingerprint density at radius 2 is 1.57 bits per heavy atom. The standard InChI is InChI=1S/C29H40N2O4/c1-21(28(33)30-24-9-7-6-8-10-24)31(19-22-11-15-25(34-5)16-12-22)27(32)20-35-26-17-13-23(14-18-26)29(2,3)4/h11-18,21,24H,6-10,19-20H2,1-5H3,(H,30,33). The second kappa shape index (κ2) is 12.1. The fourth-order valence-electron chi connectivity index (χ4n) is 4.36. The van der Waals surface area contributed by atoms with Crippen molar-refractivity contribution in [1.29, 1.82) is 0 Å². The van der Waals surface area contributed by atoms with Crippen LogP contribution in [0.4, 0.5) is 0 Å². The topological polar surface area (TPSA) is 67.9 Å². The zero-order valence-corrected chi connectivity index (χ0v) is 21.8. The van der Waals surface area contributed by atoms with Crippen LogP contribution in [0.1, 0.15) is 70.9 Å². The number of hydrogen-bond acceptors (Lipinski definition) is 4. The quantitative estimate of drug-likeness (QED) is 0.533. The average Bonchev–Trinajstić information content (AvgIpc) is 2.86. The van der Waals surface area contributed by atoms with Crippen LogP contribution in [0.25, 0.3) is 0 Å². The first-order valence-electron chi connectivity index (χ1n) is 12.6. The summed E-state index contributed by atoms with van der Waals surface area (Å²) in [5.41, 5.74) is 2.17. The van der Waals surface area contributed by atoms with Crippen molar-refractivity contribution in [2.24, 2.45) is 0 Å². The maximum atomic E-state index is 13.3. The highest BCUT2D eigenvalue weighted by Crippen LogP contribution is 2.24. The zero-order chi connectivity index (χ0) is 25.4. The Balaban J connectivity index is 1.70. The Labute approximate surface area is 210 Å². The SMILES string of the molecule is COc1ccc(CN(C(=O)COc2ccc(C(C)(C)C)cc2)C(C)C(=O)NC2CCCCC2)cc1. The van der Waals surface area contributed by atoms with Crippen LogP contribution >= 0.6 is 0 Å². The first-order chi connectivity index (χ1) is 16.7. The Bertz CT molecular complexity index is 958.